The summed E-state index contributed by atoms with van der Waals surface area (Å²) < 4.78 is 8.92. The van der Waals surface area contributed by atoms with Crippen molar-refractivity contribution >= 4 is 43.7 Å². The van der Waals surface area contributed by atoms with Gasteiger partial charge in [-0.25, -0.2) is 15.0 Å². The third-order valence-electron chi connectivity index (χ3n) is 10.6. The second-order valence-corrected chi connectivity index (χ2v) is 14.0. The second kappa shape index (κ2) is 13.0. The van der Waals surface area contributed by atoms with Crippen LogP contribution in [0.15, 0.2) is 199 Å². The van der Waals surface area contributed by atoms with Crippen molar-refractivity contribution in [1.29, 1.82) is 0 Å². The van der Waals surface area contributed by atoms with Crippen LogP contribution in [0.4, 0.5) is 0 Å². The lowest BCUT2D eigenvalue weighted by Gasteiger charge is -2.11. The van der Waals surface area contributed by atoms with Gasteiger partial charge in [0.1, 0.15) is 11.2 Å². The molecule has 0 aliphatic heterocycles. The fraction of sp³-hybridized carbons (Fsp3) is 0. The average Bonchev–Trinajstić information content (AvgIpc) is 3.82. The molecule has 11 rings (SSSR count). The van der Waals surface area contributed by atoms with Gasteiger partial charge in [0.2, 0.25) is 0 Å². The first-order chi connectivity index (χ1) is 27.7. The van der Waals surface area contributed by atoms with E-state index < -0.39 is 0 Å². The summed E-state index contributed by atoms with van der Waals surface area (Å²) in [6.45, 7) is 0. The quantitative estimate of drug-likeness (QED) is 0.172. The van der Waals surface area contributed by atoms with Crippen LogP contribution in [-0.4, -0.2) is 19.5 Å². The van der Waals surface area contributed by atoms with E-state index in [-0.39, 0.29) is 0 Å². The highest BCUT2D eigenvalue weighted by atomic mass is 16.3. The number of nitrogens with zero attached hydrogens (tertiary/aromatic N) is 4. The Balaban J connectivity index is 1.14. The Bertz CT molecular complexity index is 3140. The monoisotopic (exact) mass is 716 g/mol. The standard InChI is InChI=1S/C51H32N4O/c1-4-14-33(15-5-1)35-18-12-20-37(30-35)49-52-50(38-21-13-19-36(31-38)34-16-6-2-7-17-34)54-51(53-49)39-26-28-45-43(32-39)47-46(56-45)29-27-42-41-24-10-11-25-44(41)55(48(42)47)40-22-8-3-9-23-40/h1-32H. The third-order valence-corrected chi connectivity index (χ3v) is 10.6. The van der Waals surface area contributed by atoms with Gasteiger partial charge in [0.15, 0.2) is 17.5 Å². The summed E-state index contributed by atoms with van der Waals surface area (Å²) in [4.78, 5) is 15.5. The summed E-state index contributed by atoms with van der Waals surface area (Å²) >= 11 is 0. The molecule has 3 aromatic heterocycles. The predicted octanol–water partition coefficient (Wildman–Crippen LogP) is 13.2. The topological polar surface area (TPSA) is 56.7 Å². The molecule has 0 aliphatic rings. The molecule has 0 spiro atoms. The summed E-state index contributed by atoms with van der Waals surface area (Å²) in [7, 11) is 0. The molecule has 0 saturated heterocycles. The van der Waals surface area contributed by atoms with Gasteiger partial charge >= 0.3 is 0 Å². The van der Waals surface area contributed by atoms with Gasteiger partial charge in [-0.2, -0.15) is 0 Å². The van der Waals surface area contributed by atoms with E-state index in [0.29, 0.717) is 17.5 Å². The first-order valence-electron chi connectivity index (χ1n) is 18.8. The zero-order chi connectivity index (χ0) is 37.0. The van der Waals surface area contributed by atoms with Crippen molar-refractivity contribution < 1.29 is 4.42 Å². The van der Waals surface area contributed by atoms with E-state index in [9.17, 15) is 0 Å². The highest BCUT2D eigenvalue weighted by molar-refractivity contribution is 6.24. The lowest BCUT2D eigenvalue weighted by molar-refractivity contribution is 0.669. The summed E-state index contributed by atoms with van der Waals surface area (Å²) in [5.41, 5.74) is 12.2. The van der Waals surface area contributed by atoms with Crippen molar-refractivity contribution in [2.75, 3.05) is 0 Å². The molecule has 5 heteroatoms. The van der Waals surface area contributed by atoms with Crippen LogP contribution in [0, 0.1) is 0 Å². The SMILES string of the molecule is c1ccc(-c2cccc(-c3nc(-c4cccc(-c5ccccc5)c4)nc(-c4ccc5oc6ccc7c8ccccc8n(-c8ccccc8)c7c6c5c4)n3)c2)cc1. The average molecular weight is 717 g/mol. The van der Waals surface area contributed by atoms with E-state index in [1.165, 1.54) is 10.8 Å². The first kappa shape index (κ1) is 31.9. The molecular formula is C51H32N4O. The maximum atomic E-state index is 6.57. The summed E-state index contributed by atoms with van der Waals surface area (Å²) in [5, 5.41) is 4.43. The first-order valence-corrected chi connectivity index (χ1v) is 18.8. The number of furan rings is 1. The molecule has 0 saturated carbocycles. The zero-order valence-electron chi connectivity index (χ0n) is 30.2. The van der Waals surface area contributed by atoms with Crippen molar-refractivity contribution in [2.24, 2.45) is 0 Å². The normalized spacial score (nSPS) is 11.6. The molecule has 3 heterocycles. The molecule has 5 nitrogen and oxygen atoms in total. The van der Waals surface area contributed by atoms with Gasteiger partial charge in [-0.15, -0.1) is 0 Å². The predicted molar refractivity (Wildman–Crippen MR) is 229 cm³/mol. The molecule has 0 aliphatic carbocycles. The molecule has 0 amide bonds. The van der Waals surface area contributed by atoms with E-state index >= 15 is 0 Å². The molecule has 0 radical (unpaired) electrons. The van der Waals surface area contributed by atoms with Crippen LogP contribution in [0.25, 0.3) is 106 Å². The summed E-state index contributed by atoms with van der Waals surface area (Å²) in [6, 6.07) is 67.3. The minimum absolute atomic E-state index is 0.590. The Labute approximate surface area is 322 Å². The van der Waals surface area contributed by atoms with Crippen LogP contribution in [-0.2, 0) is 0 Å². The maximum absolute atomic E-state index is 6.57. The number of benzene rings is 8. The number of hydrogen-bond donors (Lipinski definition) is 0. The molecule has 0 fully saturated rings. The number of rotatable bonds is 6. The fourth-order valence-electron chi connectivity index (χ4n) is 8.00. The van der Waals surface area contributed by atoms with E-state index in [1.54, 1.807) is 0 Å². The lowest BCUT2D eigenvalue weighted by atomic mass is 10.0. The molecule has 56 heavy (non-hydrogen) atoms. The summed E-state index contributed by atoms with van der Waals surface area (Å²) in [5.74, 6) is 1.81. The molecule has 0 bridgehead atoms. The van der Waals surface area contributed by atoms with Crippen molar-refractivity contribution in [3.8, 4) is 62.1 Å². The molecule has 0 atom stereocenters. The number of hydrogen-bond acceptors (Lipinski definition) is 4. The number of para-hydroxylation sites is 2. The molecule has 0 N–H and O–H groups in total. The second-order valence-electron chi connectivity index (χ2n) is 14.0. The number of aromatic nitrogens is 4. The van der Waals surface area contributed by atoms with Gasteiger partial charge in [-0.05, 0) is 82.9 Å². The van der Waals surface area contributed by atoms with Crippen LogP contribution in [0.5, 0.6) is 0 Å². The summed E-state index contributed by atoms with van der Waals surface area (Å²) in [6.07, 6.45) is 0. The fourth-order valence-corrected chi connectivity index (χ4v) is 8.00. The van der Waals surface area contributed by atoms with Crippen LogP contribution >= 0.6 is 0 Å². The molecule has 262 valence electrons. The largest absolute Gasteiger partial charge is 0.456 e. The Morgan fingerprint density at radius 3 is 1.46 bits per heavy atom. The van der Waals surface area contributed by atoms with Gasteiger partial charge in [-0.1, -0.05) is 133 Å². The van der Waals surface area contributed by atoms with E-state index in [1.807, 2.05) is 18.2 Å². The highest BCUT2D eigenvalue weighted by Gasteiger charge is 2.20. The van der Waals surface area contributed by atoms with E-state index in [0.717, 1.165) is 77.6 Å². The Kier molecular flexibility index (Phi) is 7.42. The van der Waals surface area contributed by atoms with Gasteiger partial charge in [0.05, 0.1) is 16.4 Å². The molecule has 8 aromatic carbocycles. The smallest absolute Gasteiger partial charge is 0.164 e. The molecule has 11 aromatic rings. The minimum atomic E-state index is 0.590. The van der Waals surface area contributed by atoms with Crippen molar-refractivity contribution in [3.63, 3.8) is 0 Å². The Morgan fingerprint density at radius 2 is 0.839 bits per heavy atom. The van der Waals surface area contributed by atoms with Crippen molar-refractivity contribution in [1.82, 2.24) is 19.5 Å². The van der Waals surface area contributed by atoms with Gasteiger partial charge in [0.25, 0.3) is 0 Å². The molecular weight excluding hydrogens is 685 g/mol. The van der Waals surface area contributed by atoms with E-state index in [2.05, 4.69) is 180 Å². The van der Waals surface area contributed by atoms with Crippen molar-refractivity contribution in [2.45, 2.75) is 0 Å². The van der Waals surface area contributed by atoms with Crippen LogP contribution in [0.2, 0.25) is 0 Å². The maximum Gasteiger partial charge on any atom is 0.164 e. The van der Waals surface area contributed by atoms with Gasteiger partial charge in [0, 0.05) is 38.5 Å². The van der Waals surface area contributed by atoms with Crippen LogP contribution < -0.4 is 0 Å². The van der Waals surface area contributed by atoms with Crippen LogP contribution in [0.3, 0.4) is 0 Å². The van der Waals surface area contributed by atoms with Crippen molar-refractivity contribution in [3.05, 3.63) is 194 Å². The third kappa shape index (κ3) is 5.37. The zero-order valence-corrected chi connectivity index (χ0v) is 30.2. The van der Waals surface area contributed by atoms with Gasteiger partial charge in [-0.3, -0.25) is 0 Å². The van der Waals surface area contributed by atoms with Crippen LogP contribution in [0.1, 0.15) is 0 Å². The number of fused-ring (bicyclic) bond motifs is 7. The van der Waals surface area contributed by atoms with E-state index in [4.69, 9.17) is 19.4 Å². The minimum Gasteiger partial charge on any atom is -0.456 e. The Morgan fingerprint density at radius 1 is 0.339 bits per heavy atom. The lowest BCUT2D eigenvalue weighted by Crippen LogP contribution is -2.00. The molecule has 0 unspecified atom stereocenters. The Hall–Kier alpha value is -7.63. The highest BCUT2D eigenvalue weighted by Crippen LogP contribution is 2.42. The van der Waals surface area contributed by atoms with Gasteiger partial charge < -0.3 is 8.98 Å².